The quantitative estimate of drug-likeness (QED) is 0.786. The summed E-state index contributed by atoms with van der Waals surface area (Å²) in [6.07, 6.45) is 1.37. The van der Waals surface area contributed by atoms with Crippen molar-refractivity contribution in [3.05, 3.63) is 49.9 Å². The second-order valence-corrected chi connectivity index (χ2v) is 6.83. The number of rotatable bonds is 6. The molecule has 0 saturated carbocycles. The van der Waals surface area contributed by atoms with Gasteiger partial charge < -0.3 is 5.32 Å². The van der Waals surface area contributed by atoms with Crippen LogP contribution in [0.5, 0.6) is 0 Å². The van der Waals surface area contributed by atoms with Gasteiger partial charge in [-0.3, -0.25) is 0 Å². The molecule has 1 atom stereocenters. The van der Waals surface area contributed by atoms with E-state index in [1.807, 2.05) is 19.2 Å². The zero-order valence-corrected chi connectivity index (χ0v) is 14.3. The zero-order valence-electron chi connectivity index (χ0n) is 11.9. The number of nitrogens with zero attached hydrogens (tertiary/aromatic N) is 1. The number of hydrogen-bond donors (Lipinski definition) is 1. The van der Waals surface area contributed by atoms with Crippen LogP contribution in [-0.2, 0) is 6.42 Å². The molecule has 2 nitrogen and oxygen atoms in total. The van der Waals surface area contributed by atoms with Crippen LogP contribution in [-0.4, -0.2) is 11.5 Å². The van der Waals surface area contributed by atoms with Gasteiger partial charge in [-0.15, -0.1) is 11.3 Å². The van der Waals surface area contributed by atoms with Gasteiger partial charge in [0.15, 0.2) is 0 Å². The number of aromatic nitrogens is 1. The maximum Gasteiger partial charge on any atom is 0.132 e. The Morgan fingerprint density at radius 3 is 2.52 bits per heavy atom. The first-order chi connectivity index (χ1) is 10.0. The summed E-state index contributed by atoms with van der Waals surface area (Å²) in [5, 5.41) is 6.10. The molecule has 0 saturated heterocycles. The molecule has 1 aromatic carbocycles. The van der Waals surface area contributed by atoms with E-state index >= 15 is 0 Å². The molecule has 0 aliphatic carbocycles. The van der Waals surface area contributed by atoms with Gasteiger partial charge in [-0.1, -0.05) is 22.9 Å². The fourth-order valence-electron chi connectivity index (χ4n) is 2.19. The van der Waals surface area contributed by atoms with Gasteiger partial charge in [0.2, 0.25) is 0 Å². The summed E-state index contributed by atoms with van der Waals surface area (Å²) in [4.78, 5) is 4.39. The third kappa shape index (κ3) is 4.31. The molecule has 0 aliphatic heterocycles. The minimum atomic E-state index is -0.539. The van der Waals surface area contributed by atoms with Crippen molar-refractivity contribution in [3.63, 3.8) is 0 Å². The number of aryl methyl sites for hydroxylation is 1. The van der Waals surface area contributed by atoms with E-state index < -0.39 is 17.7 Å². The summed E-state index contributed by atoms with van der Waals surface area (Å²) < 4.78 is 28.7. The monoisotopic (exact) mass is 374 g/mol. The van der Waals surface area contributed by atoms with Gasteiger partial charge in [-0.05, 0) is 32.0 Å². The third-order valence-electron chi connectivity index (χ3n) is 3.11. The second-order valence-electron chi connectivity index (χ2n) is 4.85. The Balaban J connectivity index is 2.31. The second kappa shape index (κ2) is 7.42. The predicted octanol–water partition coefficient (Wildman–Crippen LogP) is 4.78. The molecule has 0 aliphatic rings. The fraction of sp³-hybridized carbons (Fsp3) is 0.400. The van der Waals surface area contributed by atoms with Crippen molar-refractivity contribution >= 4 is 27.3 Å². The molecule has 0 spiro atoms. The molecular weight excluding hydrogens is 358 g/mol. The zero-order chi connectivity index (χ0) is 15.4. The van der Waals surface area contributed by atoms with Gasteiger partial charge in [-0.2, -0.15) is 0 Å². The minimum absolute atomic E-state index is 0.0808. The van der Waals surface area contributed by atoms with Crippen LogP contribution in [0.3, 0.4) is 0 Å². The summed E-state index contributed by atoms with van der Waals surface area (Å²) in [6.45, 7) is 4.64. The van der Waals surface area contributed by atoms with Crippen LogP contribution in [0.1, 0.15) is 35.7 Å². The number of hydrogen-bond acceptors (Lipinski definition) is 3. The van der Waals surface area contributed by atoms with E-state index in [4.69, 9.17) is 0 Å². The van der Waals surface area contributed by atoms with Crippen LogP contribution in [0.4, 0.5) is 8.78 Å². The molecule has 2 aromatic rings. The summed E-state index contributed by atoms with van der Waals surface area (Å²) in [5.41, 5.74) is 0.935. The maximum absolute atomic E-state index is 14.2. The first kappa shape index (κ1) is 16.5. The smallest absolute Gasteiger partial charge is 0.132 e. The summed E-state index contributed by atoms with van der Waals surface area (Å²) >= 11 is 4.65. The van der Waals surface area contributed by atoms with Crippen LogP contribution < -0.4 is 5.32 Å². The van der Waals surface area contributed by atoms with Gasteiger partial charge in [0.25, 0.3) is 0 Å². The standard InChI is InChI=1S/C15H17BrF2N2S/c1-3-4-19-14(7-11-8-21-9(2)20-11)15-12(17)5-10(16)6-13(15)18/h5-6,8,14,19H,3-4,7H2,1-2H3. The first-order valence-electron chi connectivity index (χ1n) is 6.80. The van der Waals surface area contributed by atoms with E-state index in [1.165, 1.54) is 12.1 Å². The molecule has 0 amide bonds. The molecule has 1 aromatic heterocycles. The molecule has 0 bridgehead atoms. The van der Waals surface area contributed by atoms with E-state index in [2.05, 4.69) is 26.2 Å². The van der Waals surface area contributed by atoms with E-state index in [0.717, 1.165) is 17.1 Å². The van der Waals surface area contributed by atoms with Crippen LogP contribution in [0.25, 0.3) is 0 Å². The van der Waals surface area contributed by atoms with Gasteiger partial charge in [0, 0.05) is 27.9 Å². The van der Waals surface area contributed by atoms with Crippen LogP contribution >= 0.6 is 27.3 Å². The highest BCUT2D eigenvalue weighted by atomic mass is 79.9. The normalized spacial score (nSPS) is 12.6. The fourth-order valence-corrected chi connectivity index (χ4v) is 3.22. The van der Waals surface area contributed by atoms with Crippen molar-refractivity contribution in [2.45, 2.75) is 32.7 Å². The van der Waals surface area contributed by atoms with Crippen molar-refractivity contribution in [2.75, 3.05) is 6.54 Å². The van der Waals surface area contributed by atoms with E-state index in [1.54, 1.807) is 11.3 Å². The van der Waals surface area contributed by atoms with Gasteiger partial charge >= 0.3 is 0 Å². The molecule has 0 fully saturated rings. The topological polar surface area (TPSA) is 24.9 Å². The Labute approximate surface area is 135 Å². The van der Waals surface area contributed by atoms with Gasteiger partial charge in [0.05, 0.1) is 10.7 Å². The Hall–Kier alpha value is -0.850. The van der Waals surface area contributed by atoms with Crippen molar-refractivity contribution in [1.82, 2.24) is 10.3 Å². The molecular formula is C15H17BrF2N2S. The Morgan fingerprint density at radius 1 is 1.33 bits per heavy atom. The molecule has 21 heavy (non-hydrogen) atoms. The molecule has 1 heterocycles. The molecule has 6 heteroatoms. The number of thiazole rings is 1. The van der Waals surface area contributed by atoms with Crippen molar-refractivity contribution < 1.29 is 8.78 Å². The van der Waals surface area contributed by atoms with Crippen LogP contribution in [0.2, 0.25) is 0 Å². The molecule has 0 radical (unpaired) electrons. The SMILES string of the molecule is CCCNC(Cc1csc(C)n1)c1c(F)cc(Br)cc1F. The number of halogens is 3. The largest absolute Gasteiger partial charge is 0.309 e. The predicted molar refractivity (Wildman–Crippen MR) is 85.6 cm³/mol. The van der Waals surface area contributed by atoms with E-state index in [-0.39, 0.29) is 5.56 Å². The lowest BCUT2D eigenvalue weighted by molar-refractivity contribution is 0.461. The highest BCUT2D eigenvalue weighted by Gasteiger charge is 2.21. The minimum Gasteiger partial charge on any atom is -0.309 e. The summed E-state index contributed by atoms with van der Waals surface area (Å²) in [5.74, 6) is -1.08. The third-order valence-corrected chi connectivity index (χ3v) is 4.39. The average Bonchev–Trinajstić information content (AvgIpc) is 2.80. The lowest BCUT2D eigenvalue weighted by atomic mass is 10.0. The van der Waals surface area contributed by atoms with Crippen LogP contribution in [0, 0.1) is 18.6 Å². The highest BCUT2D eigenvalue weighted by Crippen LogP contribution is 2.27. The summed E-state index contributed by atoms with van der Waals surface area (Å²) in [7, 11) is 0. The van der Waals surface area contributed by atoms with E-state index in [0.29, 0.717) is 17.4 Å². The molecule has 1 unspecified atom stereocenters. The van der Waals surface area contributed by atoms with Gasteiger partial charge in [0.1, 0.15) is 11.6 Å². The van der Waals surface area contributed by atoms with Gasteiger partial charge in [-0.25, -0.2) is 13.8 Å². The first-order valence-corrected chi connectivity index (χ1v) is 8.47. The Kier molecular flexibility index (Phi) is 5.84. The summed E-state index contributed by atoms with van der Waals surface area (Å²) in [6, 6.07) is 2.18. The van der Waals surface area contributed by atoms with Crippen molar-refractivity contribution in [1.29, 1.82) is 0 Å². The number of benzene rings is 1. The maximum atomic E-state index is 14.2. The Morgan fingerprint density at radius 2 is 2.00 bits per heavy atom. The van der Waals surface area contributed by atoms with Crippen molar-refractivity contribution in [2.24, 2.45) is 0 Å². The van der Waals surface area contributed by atoms with E-state index in [9.17, 15) is 8.78 Å². The lowest BCUT2D eigenvalue weighted by Gasteiger charge is -2.19. The highest BCUT2D eigenvalue weighted by molar-refractivity contribution is 9.10. The van der Waals surface area contributed by atoms with Crippen molar-refractivity contribution in [3.8, 4) is 0 Å². The lowest BCUT2D eigenvalue weighted by Crippen LogP contribution is -2.26. The number of nitrogens with one attached hydrogen (secondary N) is 1. The molecule has 1 N–H and O–H groups in total. The Bertz CT molecular complexity index is 592. The average molecular weight is 375 g/mol. The molecule has 2 rings (SSSR count). The molecule has 114 valence electrons. The van der Waals surface area contributed by atoms with Crippen LogP contribution in [0.15, 0.2) is 22.0 Å².